The van der Waals surface area contributed by atoms with Crippen molar-refractivity contribution in [2.24, 2.45) is 0 Å². The fourth-order valence-electron chi connectivity index (χ4n) is 4.63. The summed E-state index contributed by atoms with van der Waals surface area (Å²) < 4.78 is 16.8. The summed E-state index contributed by atoms with van der Waals surface area (Å²) in [6.07, 6.45) is 0.580. The van der Waals surface area contributed by atoms with Gasteiger partial charge in [0.05, 0.1) is 31.2 Å². The molecular weight excluding hydrogens is 430 g/mol. The highest BCUT2D eigenvalue weighted by Gasteiger charge is 2.42. The van der Waals surface area contributed by atoms with E-state index in [1.807, 2.05) is 67.6 Å². The second-order valence-electron chi connectivity index (χ2n) is 8.42. The van der Waals surface area contributed by atoms with Crippen LogP contribution in [-0.4, -0.2) is 31.6 Å². The first-order chi connectivity index (χ1) is 16.5. The van der Waals surface area contributed by atoms with E-state index in [0.29, 0.717) is 41.0 Å². The number of amides is 1. The normalized spacial score (nSPS) is 15.0. The zero-order chi connectivity index (χ0) is 23.8. The maximum atomic E-state index is 13.6. The number of benzene rings is 3. The number of hydrogen-bond acceptors (Lipinski definition) is 5. The van der Waals surface area contributed by atoms with Gasteiger partial charge in [-0.1, -0.05) is 48.0 Å². The monoisotopic (exact) mass is 455 g/mol. The molecule has 0 saturated carbocycles. The van der Waals surface area contributed by atoms with Gasteiger partial charge in [-0.15, -0.1) is 0 Å². The first-order valence-corrected chi connectivity index (χ1v) is 11.2. The molecule has 1 amide bonds. The maximum absolute atomic E-state index is 13.6. The van der Waals surface area contributed by atoms with E-state index >= 15 is 0 Å². The fraction of sp³-hybridized carbons (Fsp3) is 0.214. The molecule has 5 rings (SSSR count). The number of hydrogen-bond donors (Lipinski definition) is 0. The lowest BCUT2D eigenvalue weighted by Gasteiger charge is -2.25. The Morgan fingerprint density at radius 2 is 1.68 bits per heavy atom. The maximum Gasteiger partial charge on any atom is 0.290 e. The van der Waals surface area contributed by atoms with Crippen LogP contribution in [0.3, 0.4) is 0 Å². The van der Waals surface area contributed by atoms with Crippen molar-refractivity contribution in [3.05, 3.63) is 105 Å². The average molecular weight is 456 g/mol. The van der Waals surface area contributed by atoms with Gasteiger partial charge in [0.25, 0.3) is 5.91 Å². The summed E-state index contributed by atoms with van der Waals surface area (Å²) in [5.74, 6) is 1.13. The van der Waals surface area contributed by atoms with Crippen molar-refractivity contribution >= 4 is 16.9 Å². The third-order valence-corrected chi connectivity index (χ3v) is 6.33. The second kappa shape index (κ2) is 8.71. The van der Waals surface area contributed by atoms with Crippen LogP contribution in [0.5, 0.6) is 11.5 Å². The Balaban J connectivity index is 1.58. The number of carbonyl (C=O) groups excluding carboxylic acids is 1. The van der Waals surface area contributed by atoms with E-state index in [2.05, 4.69) is 0 Å². The number of carbonyl (C=O) groups is 1. The molecule has 4 aromatic rings. The van der Waals surface area contributed by atoms with E-state index in [0.717, 1.165) is 16.7 Å². The molecule has 1 aliphatic rings. The van der Waals surface area contributed by atoms with Gasteiger partial charge in [0, 0.05) is 6.54 Å². The summed E-state index contributed by atoms with van der Waals surface area (Å²) in [4.78, 5) is 28.9. The van der Waals surface area contributed by atoms with Gasteiger partial charge < -0.3 is 18.8 Å². The van der Waals surface area contributed by atoms with Crippen molar-refractivity contribution in [3.63, 3.8) is 0 Å². The molecule has 1 aromatic heterocycles. The highest BCUT2D eigenvalue weighted by molar-refractivity contribution is 5.99. The minimum absolute atomic E-state index is 0.127. The van der Waals surface area contributed by atoms with Crippen molar-refractivity contribution < 1.29 is 18.7 Å². The molecule has 3 aromatic carbocycles. The van der Waals surface area contributed by atoms with E-state index < -0.39 is 6.04 Å². The van der Waals surface area contributed by atoms with Crippen LogP contribution in [0.2, 0.25) is 0 Å². The Bertz CT molecular complexity index is 1440. The molecule has 0 N–H and O–H groups in total. The van der Waals surface area contributed by atoms with Crippen LogP contribution in [0.15, 0.2) is 75.9 Å². The first kappa shape index (κ1) is 21.8. The third kappa shape index (κ3) is 3.61. The molecule has 0 aliphatic carbocycles. The van der Waals surface area contributed by atoms with E-state index in [9.17, 15) is 9.59 Å². The van der Waals surface area contributed by atoms with Crippen LogP contribution in [0.4, 0.5) is 0 Å². The van der Waals surface area contributed by atoms with E-state index in [-0.39, 0.29) is 17.1 Å². The molecule has 0 bridgehead atoms. The smallest absolute Gasteiger partial charge is 0.290 e. The Morgan fingerprint density at radius 3 is 2.41 bits per heavy atom. The van der Waals surface area contributed by atoms with Crippen molar-refractivity contribution in [1.82, 2.24) is 4.90 Å². The summed E-state index contributed by atoms with van der Waals surface area (Å²) in [6, 6.07) is 20.3. The van der Waals surface area contributed by atoms with Crippen LogP contribution in [-0.2, 0) is 6.42 Å². The van der Waals surface area contributed by atoms with Gasteiger partial charge in [-0.25, -0.2) is 0 Å². The molecule has 6 nitrogen and oxygen atoms in total. The van der Waals surface area contributed by atoms with E-state index in [1.165, 1.54) is 0 Å². The number of methoxy groups -OCH3 is 2. The van der Waals surface area contributed by atoms with Gasteiger partial charge in [0.15, 0.2) is 16.9 Å². The van der Waals surface area contributed by atoms with Crippen molar-refractivity contribution in [1.29, 1.82) is 0 Å². The molecule has 0 saturated heterocycles. The minimum atomic E-state index is -0.509. The lowest BCUT2D eigenvalue weighted by Crippen LogP contribution is -2.31. The van der Waals surface area contributed by atoms with Gasteiger partial charge in [-0.05, 0) is 48.7 Å². The van der Waals surface area contributed by atoms with E-state index in [1.54, 1.807) is 25.2 Å². The summed E-state index contributed by atoms with van der Waals surface area (Å²) >= 11 is 0. The van der Waals surface area contributed by atoms with Crippen LogP contribution in [0, 0.1) is 6.92 Å². The molecule has 1 aliphatic heterocycles. The molecule has 34 heavy (non-hydrogen) atoms. The highest BCUT2D eigenvalue weighted by Crippen LogP contribution is 2.38. The number of rotatable bonds is 6. The minimum Gasteiger partial charge on any atom is -0.493 e. The summed E-state index contributed by atoms with van der Waals surface area (Å²) in [5, 5.41) is 0.495. The number of fused-ring (bicyclic) bond motifs is 2. The zero-order valence-electron chi connectivity index (χ0n) is 19.3. The lowest BCUT2D eigenvalue weighted by atomic mass is 9.98. The standard InChI is InChI=1S/C28H25NO5/c1-17-9-11-21-20(15-17)26(30)24-25(19-7-5-4-6-8-19)29(28(31)27(24)34-21)14-13-18-10-12-22(32-2)23(16-18)33-3/h4-12,15-16,25H,13-14H2,1-3H3/t25-/m0/s1. The molecule has 2 heterocycles. The first-order valence-electron chi connectivity index (χ1n) is 11.2. The lowest BCUT2D eigenvalue weighted by molar-refractivity contribution is 0.0730. The molecule has 172 valence electrons. The van der Waals surface area contributed by atoms with Gasteiger partial charge in [0.2, 0.25) is 5.76 Å². The summed E-state index contributed by atoms with van der Waals surface area (Å²) in [6.45, 7) is 2.34. The predicted octanol–water partition coefficient (Wildman–Crippen LogP) is 4.91. The van der Waals surface area contributed by atoms with Crippen LogP contribution in [0.1, 0.15) is 38.9 Å². The summed E-state index contributed by atoms with van der Waals surface area (Å²) in [5.41, 5.74) is 3.51. The van der Waals surface area contributed by atoms with Gasteiger partial charge >= 0.3 is 0 Å². The van der Waals surface area contributed by atoms with Crippen LogP contribution < -0.4 is 14.9 Å². The molecule has 6 heteroatoms. The third-order valence-electron chi connectivity index (χ3n) is 6.33. The van der Waals surface area contributed by atoms with E-state index in [4.69, 9.17) is 13.9 Å². The SMILES string of the molecule is COc1ccc(CCN2C(=O)c3oc4ccc(C)cc4c(=O)c3[C@@H]2c2ccccc2)cc1OC. The Hall–Kier alpha value is -4.06. The Labute approximate surface area is 197 Å². The van der Waals surface area contributed by atoms with Gasteiger partial charge in [-0.3, -0.25) is 9.59 Å². The topological polar surface area (TPSA) is 69.0 Å². The fourth-order valence-corrected chi connectivity index (χ4v) is 4.63. The van der Waals surface area contributed by atoms with Crippen molar-refractivity contribution in [2.45, 2.75) is 19.4 Å². The molecule has 0 unspecified atom stereocenters. The highest BCUT2D eigenvalue weighted by atomic mass is 16.5. The number of ether oxygens (including phenoxy) is 2. The molecule has 0 fully saturated rings. The molecule has 0 spiro atoms. The average Bonchev–Trinajstić information content (AvgIpc) is 3.15. The molecular formula is C28H25NO5. The van der Waals surface area contributed by atoms with Crippen molar-refractivity contribution in [3.8, 4) is 11.5 Å². The number of nitrogens with zero attached hydrogens (tertiary/aromatic N) is 1. The molecule has 1 atom stereocenters. The number of aryl methyl sites for hydroxylation is 1. The van der Waals surface area contributed by atoms with Crippen molar-refractivity contribution in [2.75, 3.05) is 20.8 Å². The second-order valence-corrected chi connectivity index (χ2v) is 8.42. The largest absolute Gasteiger partial charge is 0.493 e. The van der Waals surface area contributed by atoms with Crippen LogP contribution >= 0.6 is 0 Å². The zero-order valence-corrected chi connectivity index (χ0v) is 19.3. The van der Waals surface area contributed by atoms with Gasteiger partial charge in [0.1, 0.15) is 5.58 Å². The predicted molar refractivity (Wildman–Crippen MR) is 130 cm³/mol. The summed E-state index contributed by atoms with van der Waals surface area (Å²) in [7, 11) is 3.19. The van der Waals surface area contributed by atoms with Gasteiger partial charge in [-0.2, -0.15) is 0 Å². The Morgan fingerprint density at radius 1 is 0.912 bits per heavy atom. The quantitative estimate of drug-likeness (QED) is 0.413. The van der Waals surface area contributed by atoms with Crippen LogP contribution in [0.25, 0.3) is 11.0 Å². The molecule has 0 radical (unpaired) electrons. The Kier molecular flexibility index (Phi) is 5.57.